The summed E-state index contributed by atoms with van der Waals surface area (Å²) in [5.74, 6) is 1.11. The van der Waals surface area contributed by atoms with Crippen molar-refractivity contribution in [3.63, 3.8) is 0 Å². The lowest BCUT2D eigenvalue weighted by Gasteiger charge is -2.26. The van der Waals surface area contributed by atoms with Crippen molar-refractivity contribution in [3.05, 3.63) is 70.6 Å². The van der Waals surface area contributed by atoms with Crippen molar-refractivity contribution in [2.24, 2.45) is 0 Å². The van der Waals surface area contributed by atoms with Gasteiger partial charge in [-0.15, -0.1) is 0 Å². The van der Waals surface area contributed by atoms with E-state index in [1.807, 2.05) is 24.3 Å². The van der Waals surface area contributed by atoms with E-state index in [9.17, 15) is 9.59 Å². The second-order valence-electron chi connectivity index (χ2n) is 9.18. The summed E-state index contributed by atoms with van der Waals surface area (Å²) >= 11 is 0. The van der Waals surface area contributed by atoms with Gasteiger partial charge in [-0.2, -0.15) is 0 Å². The summed E-state index contributed by atoms with van der Waals surface area (Å²) in [6, 6.07) is 14.6. The lowest BCUT2D eigenvalue weighted by molar-refractivity contribution is 0.0374. The van der Waals surface area contributed by atoms with Crippen LogP contribution in [0.3, 0.4) is 0 Å². The maximum atomic E-state index is 13.1. The Balaban J connectivity index is 1.50. The van der Waals surface area contributed by atoms with Crippen molar-refractivity contribution < 1.29 is 19.0 Å². The molecule has 0 radical (unpaired) electrons. The molecule has 38 heavy (non-hydrogen) atoms. The highest BCUT2D eigenvalue weighted by Gasteiger charge is 2.21. The Morgan fingerprint density at radius 3 is 2.66 bits per heavy atom. The largest absolute Gasteiger partial charge is 0.497 e. The number of ether oxygens (including phenoxy) is 3. The van der Waals surface area contributed by atoms with Gasteiger partial charge in [0.15, 0.2) is 0 Å². The molecule has 9 nitrogen and oxygen atoms in total. The summed E-state index contributed by atoms with van der Waals surface area (Å²) in [5.41, 5.74) is 3.83. The van der Waals surface area contributed by atoms with Gasteiger partial charge in [-0.3, -0.25) is 14.5 Å². The van der Waals surface area contributed by atoms with E-state index in [0.29, 0.717) is 34.9 Å². The van der Waals surface area contributed by atoms with E-state index in [0.717, 1.165) is 61.3 Å². The lowest BCUT2D eigenvalue weighted by atomic mass is 9.97. The molecule has 0 unspecified atom stereocenters. The molecule has 1 aliphatic heterocycles. The molecule has 1 aliphatic rings. The number of nitrogens with one attached hydrogen (secondary N) is 3. The second kappa shape index (κ2) is 11.5. The van der Waals surface area contributed by atoms with Gasteiger partial charge in [0.25, 0.3) is 11.5 Å². The second-order valence-corrected chi connectivity index (χ2v) is 9.18. The molecule has 0 aliphatic carbocycles. The van der Waals surface area contributed by atoms with E-state index in [4.69, 9.17) is 14.2 Å². The highest BCUT2D eigenvalue weighted by Crippen LogP contribution is 2.43. The highest BCUT2D eigenvalue weighted by atomic mass is 16.5. The number of benzene rings is 2. The molecule has 2 aromatic heterocycles. The molecule has 5 rings (SSSR count). The normalized spacial score (nSPS) is 13.9. The molecule has 3 N–H and O–H groups in total. The van der Waals surface area contributed by atoms with Crippen LogP contribution in [0.5, 0.6) is 11.5 Å². The van der Waals surface area contributed by atoms with E-state index >= 15 is 0 Å². The van der Waals surface area contributed by atoms with Gasteiger partial charge in [-0.1, -0.05) is 0 Å². The molecule has 3 heterocycles. The van der Waals surface area contributed by atoms with Gasteiger partial charge in [0, 0.05) is 59.5 Å². The minimum atomic E-state index is -0.217. The van der Waals surface area contributed by atoms with Crippen molar-refractivity contribution in [2.75, 3.05) is 53.6 Å². The van der Waals surface area contributed by atoms with Crippen LogP contribution in [-0.2, 0) is 4.74 Å². The number of aromatic amines is 2. The smallest absolute Gasteiger partial charge is 0.257 e. The van der Waals surface area contributed by atoms with Crippen LogP contribution in [0.1, 0.15) is 16.8 Å². The van der Waals surface area contributed by atoms with Crippen LogP contribution in [0.4, 0.5) is 0 Å². The molecule has 0 spiro atoms. The number of H-pyrrole nitrogens is 2. The van der Waals surface area contributed by atoms with Crippen LogP contribution in [0, 0.1) is 0 Å². The van der Waals surface area contributed by atoms with Crippen LogP contribution in [-0.4, -0.2) is 74.4 Å². The summed E-state index contributed by atoms with van der Waals surface area (Å²) in [4.78, 5) is 34.3. The van der Waals surface area contributed by atoms with Crippen LogP contribution in [0.15, 0.2) is 59.5 Å². The van der Waals surface area contributed by atoms with E-state index in [1.165, 1.54) is 0 Å². The Morgan fingerprint density at radius 1 is 1.05 bits per heavy atom. The molecular weight excluding hydrogens is 484 g/mol. The molecule has 4 aromatic rings. The standard InChI is InChI=1S/C29H32N4O5/c1-36-20-7-8-21(25(18-20)37-2)26-23-17-19(28(34)30-11-4-12-33-13-15-38-16-14-33)6-9-24(23)32-27(26)22-5-3-10-31-29(22)35/h3,5-10,17-18,32H,4,11-16H2,1-2H3,(H,30,34)(H,31,35). The van der Waals surface area contributed by atoms with Gasteiger partial charge in [0.05, 0.1) is 38.7 Å². The first kappa shape index (κ1) is 25.6. The van der Waals surface area contributed by atoms with Gasteiger partial charge in [-0.05, 0) is 55.4 Å². The molecule has 198 valence electrons. The van der Waals surface area contributed by atoms with Crippen LogP contribution in [0.2, 0.25) is 0 Å². The van der Waals surface area contributed by atoms with Gasteiger partial charge in [0.2, 0.25) is 0 Å². The maximum absolute atomic E-state index is 13.1. The summed E-state index contributed by atoms with van der Waals surface area (Å²) < 4.78 is 16.5. The molecule has 9 heteroatoms. The predicted octanol–water partition coefficient (Wildman–Crippen LogP) is 3.66. The number of hydrogen-bond donors (Lipinski definition) is 3. The molecule has 1 amide bonds. The first-order chi connectivity index (χ1) is 18.6. The average Bonchev–Trinajstić information content (AvgIpc) is 3.33. The number of methoxy groups -OCH3 is 2. The third-order valence-corrected chi connectivity index (χ3v) is 6.87. The third kappa shape index (κ3) is 5.29. The minimum Gasteiger partial charge on any atom is -0.497 e. The van der Waals surface area contributed by atoms with Crippen molar-refractivity contribution in [1.29, 1.82) is 0 Å². The van der Waals surface area contributed by atoms with Crippen LogP contribution in [0.25, 0.3) is 33.3 Å². The zero-order valence-electron chi connectivity index (χ0n) is 21.6. The summed E-state index contributed by atoms with van der Waals surface area (Å²) in [5, 5.41) is 3.86. The predicted molar refractivity (Wildman–Crippen MR) is 147 cm³/mol. The number of fused-ring (bicyclic) bond motifs is 1. The molecule has 1 saturated heterocycles. The van der Waals surface area contributed by atoms with E-state index in [-0.39, 0.29) is 11.5 Å². The van der Waals surface area contributed by atoms with Crippen molar-refractivity contribution >= 4 is 16.8 Å². The van der Waals surface area contributed by atoms with Crippen molar-refractivity contribution in [1.82, 2.24) is 20.2 Å². The van der Waals surface area contributed by atoms with Crippen LogP contribution >= 0.6 is 0 Å². The first-order valence-electron chi connectivity index (χ1n) is 12.7. The Kier molecular flexibility index (Phi) is 7.76. The monoisotopic (exact) mass is 516 g/mol. The number of aromatic nitrogens is 2. The molecule has 0 atom stereocenters. The quantitative estimate of drug-likeness (QED) is 0.293. The summed E-state index contributed by atoms with van der Waals surface area (Å²) in [6.45, 7) is 4.91. The van der Waals surface area contributed by atoms with Gasteiger partial charge < -0.3 is 29.5 Å². The number of morpholine rings is 1. The molecule has 0 bridgehead atoms. The fourth-order valence-electron chi connectivity index (χ4n) is 4.87. The topological polar surface area (TPSA) is 109 Å². The Hall–Kier alpha value is -4.08. The zero-order chi connectivity index (χ0) is 26.5. The Morgan fingerprint density at radius 2 is 1.89 bits per heavy atom. The molecule has 0 saturated carbocycles. The number of rotatable bonds is 9. The maximum Gasteiger partial charge on any atom is 0.257 e. The SMILES string of the molecule is COc1ccc(-c2c(-c3ccc[nH]c3=O)[nH]c3ccc(C(=O)NCCCN4CCOCC4)cc23)c(OC)c1. The number of carbonyl (C=O) groups excluding carboxylic acids is 1. The van der Waals surface area contributed by atoms with Crippen LogP contribution < -0.4 is 20.3 Å². The number of nitrogens with zero attached hydrogens (tertiary/aromatic N) is 1. The third-order valence-electron chi connectivity index (χ3n) is 6.87. The highest BCUT2D eigenvalue weighted by molar-refractivity contribution is 6.08. The van der Waals surface area contributed by atoms with E-state index < -0.39 is 0 Å². The Labute approximate surface area is 220 Å². The minimum absolute atomic E-state index is 0.137. The van der Waals surface area contributed by atoms with Crippen molar-refractivity contribution in [2.45, 2.75) is 6.42 Å². The first-order valence-corrected chi connectivity index (χ1v) is 12.7. The lowest BCUT2D eigenvalue weighted by Crippen LogP contribution is -2.38. The van der Waals surface area contributed by atoms with E-state index in [1.54, 1.807) is 44.7 Å². The number of pyridine rings is 1. The number of carbonyl (C=O) groups is 1. The molecule has 1 fully saturated rings. The molecular formula is C29H32N4O5. The van der Waals surface area contributed by atoms with Gasteiger partial charge in [0.1, 0.15) is 11.5 Å². The average molecular weight is 517 g/mol. The molecule has 2 aromatic carbocycles. The summed E-state index contributed by atoms with van der Waals surface area (Å²) in [6.07, 6.45) is 2.47. The van der Waals surface area contributed by atoms with Gasteiger partial charge >= 0.3 is 0 Å². The van der Waals surface area contributed by atoms with E-state index in [2.05, 4.69) is 20.2 Å². The zero-order valence-corrected chi connectivity index (χ0v) is 21.6. The fraction of sp³-hybridized carbons (Fsp3) is 0.310. The number of amides is 1. The fourth-order valence-corrected chi connectivity index (χ4v) is 4.87. The van der Waals surface area contributed by atoms with Crippen molar-refractivity contribution in [3.8, 4) is 33.9 Å². The van der Waals surface area contributed by atoms with Gasteiger partial charge in [-0.25, -0.2) is 0 Å². The summed E-state index contributed by atoms with van der Waals surface area (Å²) in [7, 11) is 3.19. The Bertz CT molecular complexity index is 1490. The number of hydrogen-bond acceptors (Lipinski definition) is 6.